The highest BCUT2D eigenvalue weighted by Gasteiger charge is 2.44. The van der Waals surface area contributed by atoms with Crippen LogP contribution in [0.15, 0.2) is 0 Å². The summed E-state index contributed by atoms with van der Waals surface area (Å²) in [7, 11) is -3.04. The number of rotatable bonds is 7. The van der Waals surface area contributed by atoms with E-state index in [9.17, 15) is 18.0 Å². The summed E-state index contributed by atoms with van der Waals surface area (Å²) in [6, 6.07) is -0.516. The third-order valence-corrected chi connectivity index (χ3v) is 4.53. The molecule has 20 heavy (non-hydrogen) atoms. The topological polar surface area (TPSA) is 113 Å². The fourth-order valence-corrected chi connectivity index (χ4v) is 1.96. The van der Waals surface area contributed by atoms with Crippen LogP contribution in [0.3, 0.4) is 0 Å². The van der Waals surface area contributed by atoms with Crippen molar-refractivity contribution in [3.63, 3.8) is 0 Å². The van der Waals surface area contributed by atoms with E-state index >= 15 is 0 Å². The van der Waals surface area contributed by atoms with Crippen molar-refractivity contribution in [3.05, 3.63) is 0 Å². The van der Waals surface area contributed by atoms with Crippen LogP contribution in [0, 0.1) is 5.41 Å². The van der Waals surface area contributed by atoms with Crippen molar-refractivity contribution in [2.45, 2.75) is 39.7 Å². The summed E-state index contributed by atoms with van der Waals surface area (Å²) in [5.41, 5.74) is -2.10. The fraction of sp³-hybridized carbons (Fsp3) is 0.833. The Bertz CT molecular complexity index is 468. The molecular weight excluding hydrogens is 284 g/mol. The molecule has 0 heterocycles. The molecule has 0 aliphatic carbocycles. The van der Waals surface area contributed by atoms with Crippen LogP contribution in [0.4, 0.5) is 4.79 Å². The largest absolute Gasteiger partial charge is 0.481 e. The minimum Gasteiger partial charge on any atom is -0.481 e. The van der Waals surface area contributed by atoms with Crippen molar-refractivity contribution in [3.8, 4) is 0 Å². The summed E-state index contributed by atoms with van der Waals surface area (Å²) in [5, 5.41) is 14.3. The number of carboxylic acid groups (broad SMARTS) is 1. The minimum atomic E-state index is -3.04. The quantitative estimate of drug-likeness (QED) is 0.596. The molecule has 0 aliphatic rings. The van der Waals surface area contributed by atoms with Crippen LogP contribution in [0.5, 0.6) is 0 Å². The van der Waals surface area contributed by atoms with Gasteiger partial charge < -0.3 is 15.7 Å². The average molecular weight is 308 g/mol. The van der Waals surface area contributed by atoms with Gasteiger partial charge in [-0.15, -0.1) is 0 Å². The number of sulfone groups is 1. The fourth-order valence-electron chi connectivity index (χ4n) is 1.29. The van der Waals surface area contributed by atoms with Gasteiger partial charge in [0.15, 0.2) is 0 Å². The lowest BCUT2D eigenvalue weighted by atomic mass is 9.74. The molecule has 0 aliphatic heterocycles. The Morgan fingerprint density at radius 2 is 1.65 bits per heavy atom. The second-order valence-electron chi connectivity index (χ2n) is 5.92. The van der Waals surface area contributed by atoms with Gasteiger partial charge in [0.2, 0.25) is 0 Å². The molecule has 0 saturated carbocycles. The number of carbonyl (C=O) groups excluding carboxylic acids is 1. The summed E-state index contributed by atoms with van der Waals surface area (Å²) in [5.74, 6) is -1.02. The first kappa shape index (κ1) is 18.7. The Morgan fingerprint density at radius 1 is 1.15 bits per heavy atom. The zero-order valence-corrected chi connectivity index (χ0v) is 13.4. The van der Waals surface area contributed by atoms with Gasteiger partial charge >= 0.3 is 12.0 Å². The molecular formula is C12H24N2O5S. The molecule has 3 N–H and O–H groups in total. The number of aliphatic carboxylic acids is 1. The first-order valence-corrected chi connectivity index (χ1v) is 8.33. The highest BCUT2D eigenvalue weighted by atomic mass is 32.2. The molecule has 0 atom stereocenters. The van der Waals surface area contributed by atoms with Gasteiger partial charge in [-0.3, -0.25) is 4.79 Å². The molecule has 0 bridgehead atoms. The Labute approximate surface area is 120 Å². The molecule has 8 heteroatoms. The molecule has 2 amide bonds. The molecule has 0 unspecified atom stereocenters. The van der Waals surface area contributed by atoms with Crippen LogP contribution < -0.4 is 10.6 Å². The molecule has 0 aromatic heterocycles. The monoisotopic (exact) mass is 308 g/mol. The molecule has 7 nitrogen and oxygen atoms in total. The molecule has 0 fully saturated rings. The lowest BCUT2D eigenvalue weighted by Crippen LogP contribution is -2.59. The van der Waals surface area contributed by atoms with Crippen molar-refractivity contribution >= 4 is 21.8 Å². The molecule has 118 valence electrons. The Morgan fingerprint density at radius 3 is 2.05 bits per heavy atom. The van der Waals surface area contributed by atoms with E-state index < -0.39 is 32.8 Å². The zero-order valence-electron chi connectivity index (χ0n) is 12.6. The van der Waals surface area contributed by atoms with E-state index in [4.69, 9.17) is 5.11 Å². The Kier molecular flexibility index (Phi) is 6.01. The van der Waals surface area contributed by atoms with Gasteiger partial charge in [0, 0.05) is 12.8 Å². The maximum atomic E-state index is 11.7. The van der Waals surface area contributed by atoms with Gasteiger partial charge in [-0.25, -0.2) is 13.2 Å². The third-order valence-electron chi connectivity index (χ3n) is 3.50. The second-order valence-corrected chi connectivity index (χ2v) is 8.18. The number of hydrogen-bond donors (Lipinski definition) is 3. The van der Waals surface area contributed by atoms with E-state index in [2.05, 4.69) is 10.6 Å². The average Bonchev–Trinajstić information content (AvgIpc) is 2.22. The predicted molar refractivity (Wildman–Crippen MR) is 76.4 cm³/mol. The van der Waals surface area contributed by atoms with Gasteiger partial charge in [0.25, 0.3) is 0 Å². The van der Waals surface area contributed by atoms with Crippen molar-refractivity contribution < 1.29 is 23.1 Å². The summed E-state index contributed by atoms with van der Waals surface area (Å²) in [6.45, 7) is 6.51. The summed E-state index contributed by atoms with van der Waals surface area (Å²) in [4.78, 5) is 22.9. The lowest BCUT2D eigenvalue weighted by molar-refractivity contribution is -0.150. The van der Waals surface area contributed by atoms with Crippen molar-refractivity contribution in [2.75, 3.05) is 18.6 Å². The molecule has 0 radical (unpaired) electrons. The van der Waals surface area contributed by atoms with Gasteiger partial charge in [0.1, 0.15) is 9.84 Å². The van der Waals surface area contributed by atoms with Crippen LogP contribution >= 0.6 is 0 Å². The van der Waals surface area contributed by atoms with Crippen LogP contribution in [0.25, 0.3) is 0 Å². The van der Waals surface area contributed by atoms with E-state index in [0.717, 1.165) is 6.26 Å². The van der Waals surface area contributed by atoms with Gasteiger partial charge in [-0.05, 0) is 34.1 Å². The van der Waals surface area contributed by atoms with Crippen molar-refractivity contribution in [1.29, 1.82) is 0 Å². The predicted octanol–water partition coefficient (Wildman–Crippen LogP) is 0.610. The van der Waals surface area contributed by atoms with Crippen molar-refractivity contribution in [1.82, 2.24) is 10.6 Å². The van der Waals surface area contributed by atoms with Gasteiger partial charge in [-0.1, -0.05) is 0 Å². The number of urea groups is 1. The van der Waals surface area contributed by atoms with Gasteiger partial charge in [0.05, 0.1) is 16.7 Å². The molecule has 0 aromatic carbocycles. The number of carboxylic acids is 1. The zero-order chi connectivity index (χ0) is 16.2. The Balaban J connectivity index is 4.37. The first-order chi connectivity index (χ1) is 8.79. The Hall–Kier alpha value is -1.31. The van der Waals surface area contributed by atoms with Crippen molar-refractivity contribution in [2.24, 2.45) is 5.41 Å². The molecule has 0 rings (SSSR count). The van der Waals surface area contributed by atoms with Crippen LogP contribution in [0.2, 0.25) is 0 Å². The maximum absolute atomic E-state index is 11.7. The lowest BCUT2D eigenvalue weighted by Gasteiger charge is -2.38. The van der Waals surface area contributed by atoms with E-state index in [1.807, 2.05) is 0 Å². The summed E-state index contributed by atoms with van der Waals surface area (Å²) in [6.07, 6.45) is 1.45. The van der Waals surface area contributed by atoms with Crippen LogP contribution in [-0.4, -0.2) is 49.6 Å². The minimum absolute atomic E-state index is 0.00269. The number of nitrogens with one attached hydrogen (secondary N) is 2. The summed E-state index contributed by atoms with van der Waals surface area (Å²) >= 11 is 0. The number of hydrogen-bond acceptors (Lipinski definition) is 4. The van der Waals surface area contributed by atoms with E-state index in [-0.39, 0.29) is 12.3 Å². The molecule has 0 spiro atoms. The summed E-state index contributed by atoms with van der Waals surface area (Å²) < 4.78 is 21.8. The van der Waals surface area contributed by atoms with Gasteiger partial charge in [-0.2, -0.15) is 0 Å². The molecule has 0 aromatic rings. The van der Waals surface area contributed by atoms with Crippen LogP contribution in [0.1, 0.15) is 34.1 Å². The van der Waals surface area contributed by atoms with E-state index in [1.165, 1.54) is 13.8 Å². The highest BCUT2D eigenvalue weighted by Crippen LogP contribution is 2.30. The highest BCUT2D eigenvalue weighted by molar-refractivity contribution is 7.90. The normalized spacial score (nSPS) is 12.8. The van der Waals surface area contributed by atoms with E-state index in [0.29, 0.717) is 6.42 Å². The smallest absolute Gasteiger partial charge is 0.315 e. The SMILES string of the molecule is CC(C)(NC(=O)NCCCS(C)(=O)=O)C(C)(C)C(=O)O. The number of carbonyl (C=O) groups is 2. The third kappa shape index (κ3) is 5.77. The standard InChI is InChI=1S/C12H24N2O5S/c1-11(2,9(15)16)12(3,4)14-10(17)13-7-6-8-20(5,18)19/h6-8H2,1-5H3,(H,15,16)(H2,13,14,17). The molecule has 0 saturated heterocycles. The second kappa shape index (κ2) is 6.43. The maximum Gasteiger partial charge on any atom is 0.315 e. The van der Waals surface area contributed by atoms with Crippen LogP contribution in [-0.2, 0) is 14.6 Å². The number of amides is 2. The first-order valence-electron chi connectivity index (χ1n) is 6.27. The van der Waals surface area contributed by atoms with E-state index in [1.54, 1.807) is 13.8 Å².